The van der Waals surface area contributed by atoms with Crippen molar-refractivity contribution in [2.24, 2.45) is 0 Å². The number of nitrogens with one attached hydrogen (secondary N) is 1. The van der Waals surface area contributed by atoms with Crippen LogP contribution in [0.4, 0.5) is 14.5 Å². The summed E-state index contributed by atoms with van der Waals surface area (Å²) in [7, 11) is -3.84. The Morgan fingerprint density at radius 1 is 0.818 bits per heavy atom. The van der Waals surface area contributed by atoms with Gasteiger partial charge in [0.15, 0.2) is 0 Å². The fourth-order valence-electron chi connectivity index (χ4n) is 3.89. The van der Waals surface area contributed by atoms with Crippen molar-refractivity contribution >= 4 is 21.6 Å². The lowest BCUT2D eigenvalue weighted by molar-refractivity contribution is -0.122. The first-order valence-corrected chi connectivity index (χ1v) is 11.9. The van der Waals surface area contributed by atoms with Crippen LogP contribution in [-0.2, 0) is 14.8 Å². The van der Waals surface area contributed by atoms with Crippen LogP contribution in [0.5, 0.6) is 0 Å². The molecule has 172 valence electrons. The number of halogens is 2. The van der Waals surface area contributed by atoms with Crippen LogP contribution in [-0.4, -0.2) is 49.7 Å². The van der Waals surface area contributed by atoms with Gasteiger partial charge in [-0.05, 0) is 48.0 Å². The third-order valence-electron chi connectivity index (χ3n) is 5.55. The Morgan fingerprint density at radius 3 is 2.12 bits per heavy atom. The Balaban J connectivity index is 1.52. The lowest BCUT2D eigenvalue weighted by atomic mass is 10.0. The van der Waals surface area contributed by atoms with Crippen molar-refractivity contribution in [1.82, 2.24) is 9.21 Å². The molecule has 0 aliphatic carbocycles. The van der Waals surface area contributed by atoms with Crippen molar-refractivity contribution in [3.63, 3.8) is 0 Å². The maximum Gasteiger partial charge on any atom is 0.246 e. The number of anilines is 1. The van der Waals surface area contributed by atoms with E-state index in [9.17, 15) is 22.0 Å². The first kappa shape index (κ1) is 23.0. The minimum atomic E-state index is -3.84. The van der Waals surface area contributed by atoms with Crippen LogP contribution in [0.15, 0.2) is 83.8 Å². The number of piperazine rings is 1. The highest BCUT2D eigenvalue weighted by Gasteiger charge is 2.34. The van der Waals surface area contributed by atoms with Crippen LogP contribution in [0.1, 0.15) is 11.6 Å². The minimum absolute atomic E-state index is 0.0930. The number of amides is 1. The van der Waals surface area contributed by atoms with E-state index in [0.717, 1.165) is 11.6 Å². The second kappa shape index (κ2) is 9.78. The monoisotopic (exact) mass is 471 g/mol. The van der Waals surface area contributed by atoms with Crippen LogP contribution in [0.25, 0.3) is 0 Å². The van der Waals surface area contributed by atoms with Crippen molar-refractivity contribution in [3.05, 3.63) is 96.1 Å². The van der Waals surface area contributed by atoms with Gasteiger partial charge < -0.3 is 5.32 Å². The van der Waals surface area contributed by atoms with Gasteiger partial charge in [0.1, 0.15) is 17.7 Å². The van der Waals surface area contributed by atoms with Gasteiger partial charge in [0.05, 0.1) is 4.90 Å². The van der Waals surface area contributed by atoms with Gasteiger partial charge in [0, 0.05) is 31.9 Å². The molecule has 1 saturated heterocycles. The Labute approximate surface area is 191 Å². The molecule has 9 heteroatoms. The largest absolute Gasteiger partial charge is 0.324 e. The smallest absolute Gasteiger partial charge is 0.246 e. The van der Waals surface area contributed by atoms with Gasteiger partial charge in [-0.3, -0.25) is 9.69 Å². The highest BCUT2D eigenvalue weighted by Crippen LogP contribution is 2.26. The molecule has 1 N–H and O–H groups in total. The molecule has 3 aromatic carbocycles. The highest BCUT2D eigenvalue weighted by molar-refractivity contribution is 7.89. The molecule has 1 aliphatic heterocycles. The van der Waals surface area contributed by atoms with E-state index in [4.69, 9.17) is 0 Å². The molecule has 1 heterocycles. The van der Waals surface area contributed by atoms with E-state index in [1.54, 1.807) is 0 Å². The molecule has 1 aliphatic rings. The molecule has 1 amide bonds. The van der Waals surface area contributed by atoms with Crippen LogP contribution in [0.3, 0.4) is 0 Å². The summed E-state index contributed by atoms with van der Waals surface area (Å²) < 4.78 is 53.9. The molecule has 0 unspecified atom stereocenters. The lowest BCUT2D eigenvalue weighted by Gasteiger charge is -2.38. The summed E-state index contributed by atoms with van der Waals surface area (Å²) in [6.07, 6.45) is 0. The van der Waals surface area contributed by atoms with E-state index in [1.165, 1.54) is 46.8 Å². The van der Waals surface area contributed by atoms with Crippen LogP contribution < -0.4 is 5.32 Å². The Hall–Kier alpha value is -3.14. The van der Waals surface area contributed by atoms with Crippen molar-refractivity contribution in [2.45, 2.75) is 10.9 Å². The topological polar surface area (TPSA) is 69.7 Å². The summed E-state index contributed by atoms with van der Waals surface area (Å²) in [6.45, 7) is 0.938. The molecule has 4 rings (SSSR count). The Kier molecular flexibility index (Phi) is 6.83. The van der Waals surface area contributed by atoms with Crippen molar-refractivity contribution in [1.29, 1.82) is 0 Å². The van der Waals surface area contributed by atoms with Crippen LogP contribution >= 0.6 is 0 Å². The molecule has 0 radical (unpaired) electrons. The molecular weight excluding hydrogens is 448 g/mol. The minimum Gasteiger partial charge on any atom is -0.324 e. The number of hydrogen-bond acceptors (Lipinski definition) is 4. The predicted octanol–water partition coefficient (Wildman–Crippen LogP) is 3.65. The summed E-state index contributed by atoms with van der Waals surface area (Å²) in [5.74, 6) is -1.31. The second-order valence-electron chi connectivity index (χ2n) is 7.71. The Bertz CT molecular complexity index is 1210. The van der Waals surface area contributed by atoms with E-state index in [-0.39, 0.29) is 23.9 Å². The van der Waals surface area contributed by atoms with Gasteiger partial charge in [-0.2, -0.15) is 4.31 Å². The third kappa shape index (κ3) is 5.27. The average Bonchev–Trinajstić information content (AvgIpc) is 2.82. The normalized spacial score (nSPS) is 16.3. The quantitative estimate of drug-likeness (QED) is 0.596. The van der Waals surface area contributed by atoms with E-state index in [2.05, 4.69) is 5.32 Å². The second-order valence-corrected chi connectivity index (χ2v) is 9.64. The van der Waals surface area contributed by atoms with E-state index in [1.807, 2.05) is 35.2 Å². The molecule has 33 heavy (non-hydrogen) atoms. The van der Waals surface area contributed by atoms with Gasteiger partial charge in [-0.25, -0.2) is 17.2 Å². The number of rotatable bonds is 6. The van der Waals surface area contributed by atoms with E-state index < -0.39 is 27.7 Å². The lowest BCUT2D eigenvalue weighted by Crippen LogP contribution is -2.51. The molecule has 3 aromatic rings. The number of carbonyl (C=O) groups excluding carboxylic acids is 1. The zero-order valence-corrected chi connectivity index (χ0v) is 18.5. The van der Waals surface area contributed by atoms with E-state index in [0.29, 0.717) is 18.8 Å². The van der Waals surface area contributed by atoms with Gasteiger partial charge in [-0.15, -0.1) is 0 Å². The fourth-order valence-corrected chi connectivity index (χ4v) is 5.34. The summed E-state index contributed by atoms with van der Waals surface area (Å²) in [5, 5.41) is 2.82. The molecular formula is C24H23F2N3O3S. The maximum absolute atomic E-state index is 13.6. The number of benzene rings is 3. The Morgan fingerprint density at radius 2 is 1.48 bits per heavy atom. The summed E-state index contributed by atoms with van der Waals surface area (Å²) >= 11 is 0. The highest BCUT2D eigenvalue weighted by atomic mass is 32.2. The average molecular weight is 472 g/mol. The molecule has 0 saturated carbocycles. The van der Waals surface area contributed by atoms with Crippen LogP contribution in [0, 0.1) is 11.6 Å². The molecule has 6 nitrogen and oxygen atoms in total. The summed E-state index contributed by atoms with van der Waals surface area (Å²) in [6, 6.07) is 19.0. The van der Waals surface area contributed by atoms with Gasteiger partial charge in [0.25, 0.3) is 0 Å². The fraction of sp³-hybridized carbons (Fsp3) is 0.208. The first-order valence-electron chi connectivity index (χ1n) is 10.5. The summed E-state index contributed by atoms with van der Waals surface area (Å²) in [5.41, 5.74) is 1.23. The van der Waals surface area contributed by atoms with Gasteiger partial charge >= 0.3 is 0 Å². The molecule has 0 bridgehead atoms. The molecule has 0 aromatic heterocycles. The maximum atomic E-state index is 13.6. The van der Waals surface area contributed by atoms with Gasteiger partial charge in [-0.1, -0.05) is 36.4 Å². The number of sulfonamides is 1. The zero-order chi connectivity index (χ0) is 23.4. The van der Waals surface area contributed by atoms with Crippen molar-refractivity contribution < 1.29 is 22.0 Å². The zero-order valence-electron chi connectivity index (χ0n) is 17.7. The SMILES string of the molecule is O=C(Nc1ccc(F)cc1)[C@H](c1ccccc1)N1CCN(S(=O)(=O)c2cccc(F)c2)CC1. The van der Waals surface area contributed by atoms with E-state index >= 15 is 0 Å². The molecule has 1 atom stereocenters. The number of carbonyl (C=O) groups is 1. The third-order valence-corrected chi connectivity index (χ3v) is 7.44. The van der Waals surface area contributed by atoms with Crippen molar-refractivity contribution in [3.8, 4) is 0 Å². The molecule has 0 spiro atoms. The van der Waals surface area contributed by atoms with Crippen molar-refractivity contribution in [2.75, 3.05) is 31.5 Å². The first-order chi connectivity index (χ1) is 15.8. The predicted molar refractivity (Wildman–Crippen MR) is 121 cm³/mol. The van der Waals surface area contributed by atoms with Crippen LogP contribution in [0.2, 0.25) is 0 Å². The number of nitrogens with zero attached hydrogens (tertiary/aromatic N) is 2. The summed E-state index contributed by atoms with van der Waals surface area (Å²) in [4.78, 5) is 15.0. The molecule has 1 fully saturated rings. The standard InChI is InChI=1S/C24H23F2N3O3S/c25-19-9-11-21(12-10-19)27-24(30)23(18-5-2-1-3-6-18)28-13-15-29(16-14-28)33(31,32)22-8-4-7-20(26)17-22/h1-12,17,23H,13-16H2,(H,27,30)/t23-/m0/s1. The van der Waals surface area contributed by atoms with Gasteiger partial charge in [0.2, 0.25) is 15.9 Å². The number of hydrogen-bond donors (Lipinski definition) is 1.